The highest BCUT2D eigenvalue weighted by Crippen LogP contribution is 2.46. The van der Waals surface area contributed by atoms with Gasteiger partial charge in [0.1, 0.15) is 11.6 Å². The van der Waals surface area contributed by atoms with Gasteiger partial charge in [-0.2, -0.15) is 18.3 Å². The Labute approximate surface area is 205 Å². The van der Waals surface area contributed by atoms with E-state index in [0.29, 0.717) is 18.7 Å². The molecule has 0 radical (unpaired) electrons. The minimum Gasteiger partial charge on any atom is -0.383 e. The number of hydrogen-bond donors (Lipinski definition) is 2. The number of rotatable bonds is 5. The summed E-state index contributed by atoms with van der Waals surface area (Å²) >= 11 is 0. The first-order valence-electron chi connectivity index (χ1n) is 12.1. The number of nitrogens with two attached hydrogens (primary N) is 1. The minimum absolute atomic E-state index is 0.0786. The van der Waals surface area contributed by atoms with E-state index in [4.69, 9.17) is 5.73 Å². The van der Waals surface area contributed by atoms with Crippen molar-refractivity contribution >= 4 is 17.5 Å². The first-order valence-corrected chi connectivity index (χ1v) is 12.1. The van der Waals surface area contributed by atoms with Crippen molar-refractivity contribution in [1.29, 1.82) is 0 Å². The van der Waals surface area contributed by atoms with E-state index in [1.807, 2.05) is 19.1 Å². The number of nitrogens with zero attached hydrogens (tertiary/aromatic N) is 5. The zero-order chi connectivity index (χ0) is 25.2. The molecule has 0 aromatic carbocycles. The molecule has 3 unspecified atom stereocenters. The minimum atomic E-state index is -4.77. The molecule has 1 saturated carbocycles. The van der Waals surface area contributed by atoms with Gasteiger partial charge < -0.3 is 16.0 Å². The van der Waals surface area contributed by atoms with Gasteiger partial charge in [0, 0.05) is 31.2 Å². The van der Waals surface area contributed by atoms with Gasteiger partial charge in [0.25, 0.3) is 5.91 Å². The molecule has 0 bridgehead atoms. The summed E-state index contributed by atoms with van der Waals surface area (Å²) in [5, 5.41) is 6.48. The van der Waals surface area contributed by atoms with Gasteiger partial charge in [0.2, 0.25) is 0 Å². The van der Waals surface area contributed by atoms with E-state index >= 15 is 0 Å². The molecule has 3 aliphatic rings. The van der Waals surface area contributed by atoms with Crippen molar-refractivity contribution < 1.29 is 18.0 Å². The van der Waals surface area contributed by atoms with Gasteiger partial charge >= 0.3 is 6.18 Å². The van der Waals surface area contributed by atoms with Crippen LogP contribution in [-0.4, -0.2) is 38.7 Å². The lowest BCUT2D eigenvalue weighted by Crippen LogP contribution is -2.28. The van der Waals surface area contributed by atoms with Gasteiger partial charge in [0.05, 0.1) is 18.2 Å². The zero-order valence-corrected chi connectivity index (χ0v) is 19.7. The normalized spacial score (nSPS) is 22.4. The summed E-state index contributed by atoms with van der Waals surface area (Å²) in [4.78, 5) is 24.0. The number of fused-ring (bicyclic) bond motifs is 2. The summed E-state index contributed by atoms with van der Waals surface area (Å²) in [6, 6.07) is 5.09. The second-order valence-corrected chi connectivity index (χ2v) is 9.99. The number of carbonyl (C=O) groups is 1. The van der Waals surface area contributed by atoms with Gasteiger partial charge in [-0.05, 0) is 66.8 Å². The summed E-state index contributed by atoms with van der Waals surface area (Å²) in [7, 11) is 0. The molecule has 3 N–H and O–H groups in total. The standard InChI is InChI=1S/C25H26F3N7O/c1-13-14(2-5-21(31-13)34-9-15-8-16(15)10-34)11-35-12-19(22(33-35)25(26,27)28)24(36)32-20-4-3-18-17(20)6-7-30-23(18)29/h2,5-7,12,15-16,20H,3-4,8-11H2,1H3,(H2,29,30)(H,32,36). The molecule has 1 aliphatic heterocycles. The largest absolute Gasteiger partial charge is 0.435 e. The fourth-order valence-electron chi connectivity index (χ4n) is 5.51. The van der Waals surface area contributed by atoms with E-state index in [-0.39, 0.29) is 6.54 Å². The number of pyridine rings is 2. The molecule has 6 rings (SSSR count). The number of nitrogens with one attached hydrogen (secondary N) is 1. The molecule has 1 amide bonds. The van der Waals surface area contributed by atoms with Crippen molar-refractivity contribution in [2.24, 2.45) is 11.8 Å². The summed E-state index contributed by atoms with van der Waals surface area (Å²) < 4.78 is 42.6. The number of nitrogen functional groups attached to an aromatic ring is 1. The highest BCUT2D eigenvalue weighted by atomic mass is 19.4. The summed E-state index contributed by atoms with van der Waals surface area (Å²) in [6.07, 6.45) is 0.368. The van der Waals surface area contributed by atoms with Crippen LogP contribution in [0.4, 0.5) is 24.8 Å². The maximum Gasteiger partial charge on any atom is 0.435 e. The molecule has 2 fully saturated rings. The second-order valence-electron chi connectivity index (χ2n) is 9.99. The van der Waals surface area contributed by atoms with E-state index in [0.717, 1.165) is 64.0 Å². The number of hydrogen-bond acceptors (Lipinski definition) is 6. The smallest absolute Gasteiger partial charge is 0.383 e. The Hall–Kier alpha value is -3.63. The predicted molar refractivity (Wildman–Crippen MR) is 126 cm³/mol. The fraction of sp³-hybridized carbons (Fsp3) is 0.440. The molecule has 1 saturated heterocycles. The summed E-state index contributed by atoms with van der Waals surface area (Å²) in [5.74, 6) is 2.00. The highest BCUT2D eigenvalue weighted by Gasteiger charge is 2.45. The van der Waals surface area contributed by atoms with Gasteiger partial charge in [-0.25, -0.2) is 9.97 Å². The van der Waals surface area contributed by atoms with Crippen molar-refractivity contribution in [3.05, 3.63) is 64.2 Å². The van der Waals surface area contributed by atoms with Gasteiger partial charge in [-0.15, -0.1) is 0 Å². The SMILES string of the molecule is Cc1nc(N2CC3CC3C2)ccc1Cn1cc(C(=O)NC2CCc3c2ccnc3N)c(C(F)(F)F)n1. The molecular formula is C25H26F3N7O. The van der Waals surface area contributed by atoms with Crippen molar-refractivity contribution in [2.75, 3.05) is 23.7 Å². The van der Waals surface area contributed by atoms with Crippen molar-refractivity contribution in [2.45, 2.75) is 44.9 Å². The average molecular weight is 498 g/mol. The van der Waals surface area contributed by atoms with E-state index in [1.54, 1.807) is 6.07 Å². The van der Waals surface area contributed by atoms with E-state index in [9.17, 15) is 18.0 Å². The van der Waals surface area contributed by atoms with Crippen LogP contribution in [0.1, 0.15) is 57.3 Å². The third-order valence-corrected chi connectivity index (χ3v) is 7.58. The van der Waals surface area contributed by atoms with E-state index < -0.39 is 29.4 Å². The topological polar surface area (TPSA) is 102 Å². The fourth-order valence-corrected chi connectivity index (χ4v) is 5.51. The lowest BCUT2D eigenvalue weighted by Gasteiger charge is -2.20. The van der Waals surface area contributed by atoms with Gasteiger partial charge in [0.15, 0.2) is 5.69 Å². The van der Waals surface area contributed by atoms with Crippen molar-refractivity contribution in [1.82, 2.24) is 25.1 Å². The maximum atomic E-state index is 13.8. The van der Waals surface area contributed by atoms with Crippen LogP contribution >= 0.6 is 0 Å². The lowest BCUT2D eigenvalue weighted by atomic mass is 10.1. The van der Waals surface area contributed by atoms with E-state index in [2.05, 4.69) is 25.3 Å². The number of amides is 1. The second kappa shape index (κ2) is 8.21. The lowest BCUT2D eigenvalue weighted by molar-refractivity contribution is -0.141. The molecule has 11 heteroatoms. The number of halogens is 3. The molecule has 188 valence electrons. The number of piperidine rings is 1. The number of carbonyl (C=O) groups excluding carboxylic acids is 1. The van der Waals surface area contributed by atoms with Crippen LogP contribution in [0.5, 0.6) is 0 Å². The zero-order valence-electron chi connectivity index (χ0n) is 19.7. The molecule has 8 nitrogen and oxygen atoms in total. The van der Waals surface area contributed by atoms with Crippen LogP contribution in [0.3, 0.4) is 0 Å². The number of aryl methyl sites for hydroxylation is 1. The summed E-state index contributed by atoms with van der Waals surface area (Å²) in [5.41, 5.74) is 7.29. The Morgan fingerprint density at radius 1 is 1.22 bits per heavy atom. The van der Waals surface area contributed by atoms with Gasteiger partial charge in [-0.1, -0.05) is 6.07 Å². The highest BCUT2D eigenvalue weighted by molar-refractivity contribution is 5.95. The first-order chi connectivity index (χ1) is 17.2. The third-order valence-electron chi connectivity index (χ3n) is 7.58. The van der Waals surface area contributed by atoms with E-state index in [1.165, 1.54) is 12.6 Å². The molecule has 36 heavy (non-hydrogen) atoms. The Morgan fingerprint density at radius 2 is 2.00 bits per heavy atom. The van der Waals surface area contributed by atoms with Crippen LogP contribution < -0.4 is 16.0 Å². The number of aromatic nitrogens is 4. The van der Waals surface area contributed by atoms with Crippen LogP contribution in [-0.2, 0) is 19.1 Å². The molecule has 2 aliphatic carbocycles. The van der Waals surface area contributed by atoms with Crippen molar-refractivity contribution in [3.8, 4) is 0 Å². The Bertz CT molecular complexity index is 1340. The van der Waals surface area contributed by atoms with Crippen LogP contribution in [0.2, 0.25) is 0 Å². The van der Waals surface area contributed by atoms with Crippen LogP contribution in [0.15, 0.2) is 30.6 Å². The maximum absolute atomic E-state index is 13.8. The molecule has 4 heterocycles. The predicted octanol–water partition coefficient (Wildman–Crippen LogP) is 3.50. The first kappa shape index (κ1) is 22.8. The molecule has 3 aromatic rings. The van der Waals surface area contributed by atoms with Crippen LogP contribution in [0, 0.1) is 18.8 Å². The van der Waals surface area contributed by atoms with Gasteiger partial charge in [-0.3, -0.25) is 9.48 Å². The van der Waals surface area contributed by atoms with Crippen molar-refractivity contribution in [3.63, 3.8) is 0 Å². The third kappa shape index (κ3) is 4.06. The number of anilines is 2. The quantitative estimate of drug-likeness (QED) is 0.560. The Morgan fingerprint density at radius 3 is 2.72 bits per heavy atom. The number of alkyl halides is 3. The molecular weight excluding hydrogens is 471 g/mol. The molecule has 3 aromatic heterocycles. The molecule has 3 atom stereocenters. The van der Waals surface area contributed by atoms with Crippen LogP contribution in [0.25, 0.3) is 0 Å². The monoisotopic (exact) mass is 497 g/mol. The Kier molecular flexibility index (Phi) is 5.20. The average Bonchev–Trinajstić information content (AvgIpc) is 3.19. The molecule has 0 spiro atoms. The summed E-state index contributed by atoms with van der Waals surface area (Å²) in [6.45, 7) is 3.94. The Balaban J connectivity index is 1.22.